The third-order valence-electron chi connectivity index (χ3n) is 2.50. The second-order valence-corrected chi connectivity index (χ2v) is 4.82. The van der Waals surface area contributed by atoms with E-state index in [9.17, 15) is 0 Å². The van der Waals surface area contributed by atoms with Crippen molar-refractivity contribution in [2.24, 2.45) is 5.73 Å². The van der Waals surface area contributed by atoms with Gasteiger partial charge in [-0.3, -0.25) is 0 Å². The number of benzene rings is 1. The van der Waals surface area contributed by atoms with E-state index in [2.05, 4.69) is 16.1 Å². The summed E-state index contributed by atoms with van der Waals surface area (Å²) in [5.74, 6) is 3.29. The van der Waals surface area contributed by atoms with E-state index in [-0.39, 0.29) is 0 Å². The number of nitrogens with zero attached hydrogens (tertiary/aromatic N) is 2. The summed E-state index contributed by atoms with van der Waals surface area (Å²) in [5.41, 5.74) is 6.64. The highest BCUT2D eigenvalue weighted by molar-refractivity contribution is 6.35. The molecular formula is C13H11Cl2N3O. The largest absolute Gasteiger partial charge is 0.338 e. The Morgan fingerprint density at radius 3 is 2.89 bits per heavy atom. The van der Waals surface area contributed by atoms with Gasteiger partial charge in [0.1, 0.15) is 0 Å². The first kappa shape index (κ1) is 13.9. The van der Waals surface area contributed by atoms with Gasteiger partial charge in [-0.05, 0) is 17.7 Å². The standard InChI is InChI=1S/C13H11Cl2N3O/c1-2-3-11(16)13-17-12(18-19-13)6-8-4-5-9(14)7-10(8)15/h1,4-5,7,11H,3,6,16H2. The first-order valence-electron chi connectivity index (χ1n) is 5.55. The van der Waals surface area contributed by atoms with Crippen LogP contribution in [0.5, 0.6) is 0 Å². The Morgan fingerprint density at radius 1 is 1.42 bits per heavy atom. The molecule has 6 heteroatoms. The minimum atomic E-state index is -0.438. The van der Waals surface area contributed by atoms with E-state index in [0.717, 1.165) is 5.56 Å². The summed E-state index contributed by atoms with van der Waals surface area (Å²) in [6.07, 6.45) is 5.98. The van der Waals surface area contributed by atoms with Crippen LogP contribution in [0.2, 0.25) is 10.0 Å². The summed E-state index contributed by atoms with van der Waals surface area (Å²) in [7, 11) is 0. The van der Waals surface area contributed by atoms with E-state index in [1.807, 2.05) is 6.07 Å². The molecule has 1 heterocycles. The van der Waals surface area contributed by atoms with Gasteiger partial charge in [0.05, 0.1) is 6.04 Å². The summed E-state index contributed by atoms with van der Waals surface area (Å²) in [6, 6.07) is 4.81. The van der Waals surface area contributed by atoms with Gasteiger partial charge < -0.3 is 10.3 Å². The Labute approximate surface area is 120 Å². The van der Waals surface area contributed by atoms with E-state index < -0.39 is 6.04 Å². The monoisotopic (exact) mass is 295 g/mol. The number of hydrogen-bond donors (Lipinski definition) is 1. The van der Waals surface area contributed by atoms with Crippen LogP contribution in [-0.4, -0.2) is 10.1 Å². The molecule has 0 bridgehead atoms. The number of aromatic nitrogens is 2. The zero-order valence-corrected chi connectivity index (χ0v) is 11.4. The molecule has 0 fully saturated rings. The third-order valence-corrected chi connectivity index (χ3v) is 3.09. The Bertz CT molecular complexity index is 619. The van der Waals surface area contributed by atoms with Gasteiger partial charge >= 0.3 is 0 Å². The number of rotatable bonds is 4. The van der Waals surface area contributed by atoms with Gasteiger partial charge in [-0.1, -0.05) is 34.4 Å². The minimum absolute atomic E-state index is 0.332. The van der Waals surface area contributed by atoms with Gasteiger partial charge in [0.2, 0.25) is 5.89 Å². The van der Waals surface area contributed by atoms with Gasteiger partial charge in [-0.15, -0.1) is 12.3 Å². The van der Waals surface area contributed by atoms with E-state index in [0.29, 0.717) is 34.6 Å². The van der Waals surface area contributed by atoms with Crippen LogP contribution in [0.1, 0.15) is 29.7 Å². The van der Waals surface area contributed by atoms with Gasteiger partial charge in [0, 0.05) is 22.9 Å². The molecule has 1 aromatic heterocycles. The van der Waals surface area contributed by atoms with Crippen LogP contribution in [0.25, 0.3) is 0 Å². The summed E-state index contributed by atoms with van der Waals surface area (Å²) in [5, 5.41) is 5.00. The molecule has 1 unspecified atom stereocenters. The number of hydrogen-bond acceptors (Lipinski definition) is 4. The van der Waals surface area contributed by atoms with Gasteiger partial charge in [-0.2, -0.15) is 4.98 Å². The second-order valence-electron chi connectivity index (χ2n) is 3.98. The second kappa shape index (κ2) is 6.07. The van der Waals surface area contributed by atoms with Crippen LogP contribution >= 0.6 is 23.2 Å². The Morgan fingerprint density at radius 2 is 2.21 bits per heavy atom. The molecule has 19 heavy (non-hydrogen) atoms. The Hall–Kier alpha value is -1.54. The van der Waals surface area contributed by atoms with Gasteiger partial charge in [-0.25, -0.2) is 0 Å². The Balaban J connectivity index is 2.14. The minimum Gasteiger partial charge on any atom is -0.338 e. The van der Waals surface area contributed by atoms with Crippen molar-refractivity contribution in [3.8, 4) is 12.3 Å². The molecule has 0 aliphatic carbocycles. The van der Waals surface area contributed by atoms with Crippen molar-refractivity contribution in [3.63, 3.8) is 0 Å². The molecule has 1 aromatic carbocycles. The van der Waals surface area contributed by atoms with Crippen molar-refractivity contribution >= 4 is 23.2 Å². The molecule has 0 saturated carbocycles. The average molecular weight is 296 g/mol. The predicted octanol–water partition coefficient (Wildman–Crippen LogP) is 2.99. The van der Waals surface area contributed by atoms with Gasteiger partial charge in [0.25, 0.3) is 0 Å². The van der Waals surface area contributed by atoms with E-state index in [4.69, 9.17) is 39.9 Å². The average Bonchev–Trinajstić information content (AvgIpc) is 2.82. The normalized spacial score (nSPS) is 12.1. The summed E-state index contributed by atoms with van der Waals surface area (Å²) in [6.45, 7) is 0. The molecule has 0 spiro atoms. The van der Waals surface area contributed by atoms with E-state index in [1.165, 1.54) is 0 Å². The summed E-state index contributed by atoms with van der Waals surface area (Å²) >= 11 is 11.9. The van der Waals surface area contributed by atoms with Crippen molar-refractivity contribution in [2.75, 3.05) is 0 Å². The molecule has 4 nitrogen and oxygen atoms in total. The molecule has 98 valence electrons. The Kier molecular flexibility index (Phi) is 4.43. The molecule has 0 radical (unpaired) electrons. The first-order chi connectivity index (χ1) is 9.10. The topological polar surface area (TPSA) is 64.9 Å². The zero-order valence-electron chi connectivity index (χ0n) is 9.94. The maximum atomic E-state index is 6.08. The maximum Gasteiger partial charge on any atom is 0.244 e. The van der Waals surface area contributed by atoms with Crippen LogP contribution in [0.15, 0.2) is 22.7 Å². The first-order valence-corrected chi connectivity index (χ1v) is 6.31. The fourth-order valence-electron chi connectivity index (χ4n) is 1.54. The molecular weight excluding hydrogens is 285 g/mol. The van der Waals surface area contributed by atoms with Crippen LogP contribution in [-0.2, 0) is 6.42 Å². The van der Waals surface area contributed by atoms with Crippen LogP contribution in [0.3, 0.4) is 0 Å². The van der Waals surface area contributed by atoms with Crippen molar-refractivity contribution in [2.45, 2.75) is 18.9 Å². The predicted molar refractivity (Wildman–Crippen MR) is 73.9 cm³/mol. The molecule has 0 aliphatic heterocycles. The highest BCUT2D eigenvalue weighted by atomic mass is 35.5. The number of halogens is 2. The molecule has 1 atom stereocenters. The molecule has 0 amide bonds. The zero-order chi connectivity index (χ0) is 13.8. The van der Waals surface area contributed by atoms with Crippen molar-refractivity contribution < 1.29 is 4.52 Å². The fraction of sp³-hybridized carbons (Fsp3) is 0.231. The lowest BCUT2D eigenvalue weighted by atomic mass is 10.1. The smallest absolute Gasteiger partial charge is 0.244 e. The summed E-state index contributed by atoms with van der Waals surface area (Å²) in [4.78, 5) is 4.20. The van der Waals surface area contributed by atoms with E-state index >= 15 is 0 Å². The lowest BCUT2D eigenvalue weighted by Gasteiger charge is -2.01. The molecule has 0 saturated heterocycles. The highest BCUT2D eigenvalue weighted by Gasteiger charge is 2.14. The van der Waals surface area contributed by atoms with Crippen molar-refractivity contribution in [3.05, 3.63) is 45.5 Å². The molecule has 0 aliphatic rings. The molecule has 2 N–H and O–H groups in total. The molecule has 2 aromatic rings. The lowest BCUT2D eigenvalue weighted by molar-refractivity contribution is 0.353. The van der Waals surface area contributed by atoms with Crippen molar-refractivity contribution in [1.29, 1.82) is 0 Å². The molecule has 2 rings (SSSR count). The van der Waals surface area contributed by atoms with Crippen LogP contribution in [0, 0.1) is 12.3 Å². The van der Waals surface area contributed by atoms with Gasteiger partial charge in [0.15, 0.2) is 5.82 Å². The highest BCUT2D eigenvalue weighted by Crippen LogP contribution is 2.23. The van der Waals surface area contributed by atoms with Crippen LogP contribution in [0.4, 0.5) is 0 Å². The number of terminal acetylenes is 1. The fourth-order valence-corrected chi connectivity index (χ4v) is 2.01. The lowest BCUT2D eigenvalue weighted by Crippen LogP contribution is -2.09. The third kappa shape index (κ3) is 3.48. The summed E-state index contributed by atoms with van der Waals surface area (Å²) < 4.78 is 5.06. The number of nitrogens with two attached hydrogens (primary N) is 1. The van der Waals surface area contributed by atoms with Crippen LogP contribution < -0.4 is 5.73 Å². The SMILES string of the molecule is C#CCC(N)c1nc(Cc2ccc(Cl)cc2Cl)no1. The van der Waals surface area contributed by atoms with Crippen molar-refractivity contribution in [1.82, 2.24) is 10.1 Å². The maximum absolute atomic E-state index is 6.08. The quantitative estimate of drug-likeness (QED) is 0.881. The van der Waals surface area contributed by atoms with E-state index in [1.54, 1.807) is 12.1 Å².